The van der Waals surface area contributed by atoms with Crippen LogP contribution in [0.2, 0.25) is 0 Å². The van der Waals surface area contributed by atoms with Gasteiger partial charge in [-0.1, -0.05) is 12.8 Å². The van der Waals surface area contributed by atoms with Crippen molar-refractivity contribution in [3.63, 3.8) is 0 Å². The first kappa shape index (κ1) is 8.28. The first-order chi connectivity index (χ1) is 6.42. The van der Waals surface area contributed by atoms with Crippen LogP contribution in [-0.4, -0.2) is 24.5 Å². The van der Waals surface area contributed by atoms with Crippen LogP contribution < -0.4 is 0 Å². The minimum atomic E-state index is 1.07. The number of rotatable bonds is 0. The van der Waals surface area contributed by atoms with E-state index in [1.165, 1.54) is 45.3 Å². The minimum absolute atomic E-state index is 1.07. The molecular formula is C12H21N. The predicted molar refractivity (Wildman–Crippen MR) is 54.6 cm³/mol. The Morgan fingerprint density at radius 3 is 2.69 bits per heavy atom. The van der Waals surface area contributed by atoms with E-state index in [-0.39, 0.29) is 0 Å². The molecule has 1 saturated carbocycles. The summed E-state index contributed by atoms with van der Waals surface area (Å²) < 4.78 is 0. The summed E-state index contributed by atoms with van der Waals surface area (Å²) in [5.74, 6) is 3.27. The van der Waals surface area contributed by atoms with Crippen molar-refractivity contribution >= 4 is 0 Å². The summed E-state index contributed by atoms with van der Waals surface area (Å²) in [5, 5.41) is 0. The molecule has 3 rings (SSSR count). The van der Waals surface area contributed by atoms with Gasteiger partial charge in [-0.15, -0.1) is 0 Å². The summed E-state index contributed by atoms with van der Waals surface area (Å²) in [7, 11) is 0. The molecule has 2 saturated heterocycles. The van der Waals surface area contributed by atoms with Crippen LogP contribution in [0.25, 0.3) is 0 Å². The summed E-state index contributed by atoms with van der Waals surface area (Å²) in [6, 6.07) is 0. The van der Waals surface area contributed by atoms with Crippen molar-refractivity contribution in [2.75, 3.05) is 19.6 Å². The van der Waals surface area contributed by atoms with Crippen molar-refractivity contribution in [3.05, 3.63) is 0 Å². The standard InChI is InChI=1S/C12H21N/c1-2-11-5-4-10-6-7-13(8-10)9-12(11)3-1/h10-12H,1-9H2. The highest BCUT2D eigenvalue weighted by molar-refractivity contribution is 4.87. The molecule has 0 aromatic heterocycles. The molecule has 2 aliphatic heterocycles. The summed E-state index contributed by atoms with van der Waals surface area (Å²) in [6.45, 7) is 4.29. The Morgan fingerprint density at radius 1 is 0.769 bits per heavy atom. The maximum atomic E-state index is 2.74. The Kier molecular flexibility index (Phi) is 2.08. The predicted octanol–water partition coefficient (Wildman–Crippen LogP) is 2.52. The summed E-state index contributed by atoms with van der Waals surface area (Å²) in [5.41, 5.74) is 0. The molecule has 74 valence electrons. The van der Waals surface area contributed by atoms with E-state index in [1.807, 2.05) is 0 Å². The van der Waals surface area contributed by atoms with Gasteiger partial charge in [0.1, 0.15) is 0 Å². The van der Waals surface area contributed by atoms with Gasteiger partial charge in [-0.05, 0) is 50.0 Å². The number of hydrogen-bond acceptors (Lipinski definition) is 1. The molecule has 0 amide bonds. The molecule has 4 atom stereocenters. The summed E-state index contributed by atoms with van der Waals surface area (Å²) >= 11 is 0. The first-order valence-corrected chi connectivity index (χ1v) is 6.14. The second kappa shape index (κ2) is 3.27. The Hall–Kier alpha value is -0.0400. The van der Waals surface area contributed by atoms with Gasteiger partial charge in [0.25, 0.3) is 0 Å². The molecular weight excluding hydrogens is 158 g/mol. The summed E-state index contributed by atoms with van der Waals surface area (Å²) in [4.78, 5) is 2.74. The smallest absolute Gasteiger partial charge is 0.00124 e. The fraction of sp³-hybridized carbons (Fsp3) is 1.00. The van der Waals surface area contributed by atoms with Gasteiger partial charge >= 0.3 is 0 Å². The number of nitrogens with zero attached hydrogens (tertiary/aromatic N) is 1. The maximum Gasteiger partial charge on any atom is 0.00124 e. The van der Waals surface area contributed by atoms with E-state index in [0.717, 1.165) is 17.8 Å². The Morgan fingerprint density at radius 2 is 1.69 bits per heavy atom. The molecule has 0 aromatic carbocycles. The molecule has 0 aromatic rings. The number of fused-ring (bicyclic) bond motifs is 3. The van der Waals surface area contributed by atoms with E-state index in [1.54, 1.807) is 12.8 Å². The topological polar surface area (TPSA) is 3.24 Å². The third-order valence-electron chi connectivity index (χ3n) is 4.62. The monoisotopic (exact) mass is 179 g/mol. The largest absolute Gasteiger partial charge is 0.303 e. The van der Waals surface area contributed by atoms with Gasteiger partial charge in [0, 0.05) is 13.1 Å². The second-order valence-electron chi connectivity index (χ2n) is 5.44. The van der Waals surface area contributed by atoms with Crippen LogP contribution in [0.4, 0.5) is 0 Å². The SMILES string of the molecule is C1CC2CCC3CCN(C3)CC2C1. The molecule has 1 nitrogen and oxygen atoms in total. The van der Waals surface area contributed by atoms with E-state index in [9.17, 15) is 0 Å². The van der Waals surface area contributed by atoms with E-state index in [0.29, 0.717) is 0 Å². The van der Waals surface area contributed by atoms with Crippen LogP contribution in [0.5, 0.6) is 0 Å². The van der Waals surface area contributed by atoms with Gasteiger partial charge in [0.05, 0.1) is 0 Å². The first-order valence-electron chi connectivity index (χ1n) is 6.14. The van der Waals surface area contributed by atoms with E-state index in [4.69, 9.17) is 0 Å². The zero-order chi connectivity index (χ0) is 8.67. The molecule has 2 heterocycles. The molecule has 0 N–H and O–H groups in total. The van der Waals surface area contributed by atoms with Crippen LogP contribution in [0.15, 0.2) is 0 Å². The third kappa shape index (κ3) is 1.52. The van der Waals surface area contributed by atoms with Crippen LogP contribution >= 0.6 is 0 Å². The van der Waals surface area contributed by atoms with Crippen LogP contribution in [0.1, 0.15) is 38.5 Å². The molecule has 0 radical (unpaired) electrons. The fourth-order valence-corrected chi connectivity index (χ4v) is 3.83. The normalized spacial score (nSPS) is 49.8. The van der Waals surface area contributed by atoms with E-state index < -0.39 is 0 Å². The molecule has 13 heavy (non-hydrogen) atoms. The number of hydrogen-bond donors (Lipinski definition) is 0. The average molecular weight is 179 g/mol. The molecule has 0 spiro atoms. The highest BCUT2D eigenvalue weighted by Gasteiger charge is 2.34. The van der Waals surface area contributed by atoms with Gasteiger partial charge in [-0.3, -0.25) is 0 Å². The van der Waals surface area contributed by atoms with E-state index in [2.05, 4.69) is 4.90 Å². The van der Waals surface area contributed by atoms with Crippen LogP contribution in [-0.2, 0) is 0 Å². The Bertz CT molecular complexity index is 190. The Balaban J connectivity index is 1.73. The van der Waals surface area contributed by atoms with Gasteiger partial charge in [0.15, 0.2) is 0 Å². The Labute approximate surface area is 81.5 Å². The van der Waals surface area contributed by atoms with Crippen LogP contribution in [0.3, 0.4) is 0 Å². The molecule has 3 aliphatic rings. The molecule has 3 fully saturated rings. The fourth-order valence-electron chi connectivity index (χ4n) is 3.83. The third-order valence-corrected chi connectivity index (χ3v) is 4.62. The van der Waals surface area contributed by atoms with Gasteiger partial charge in [0.2, 0.25) is 0 Å². The van der Waals surface area contributed by atoms with Gasteiger partial charge < -0.3 is 4.90 Å². The average Bonchev–Trinajstić information content (AvgIpc) is 2.67. The second-order valence-corrected chi connectivity index (χ2v) is 5.44. The zero-order valence-electron chi connectivity index (χ0n) is 8.54. The van der Waals surface area contributed by atoms with Crippen molar-refractivity contribution < 1.29 is 0 Å². The molecule has 4 unspecified atom stereocenters. The zero-order valence-corrected chi connectivity index (χ0v) is 8.54. The van der Waals surface area contributed by atoms with Crippen LogP contribution in [0, 0.1) is 17.8 Å². The van der Waals surface area contributed by atoms with Crippen molar-refractivity contribution in [1.82, 2.24) is 4.90 Å². The van der Waals surface area contributed by atoms with Crippen molar-refractivity contribution in [2.24, 2.45) is 17.8 Å². The van der Waals surface area contributed by atoms with Crippen molar-refractivity contribution in [1.29, 1.82) is 0 Å². The van der Waals surface area contributed by atoms with E-state index >= 15 is 0 Å². The lowest BCUT2D eigenvalue weighted by atomic mass is 9.87. The van der Waals surface area contributed by atoms with Crippen molar-refractivity contribution in [3.8, 4) is 0 Å². The molecule has 2 bridgehead atoms. The molecule has 1 aliphatic carbocycles. The highest BCUT2D eigenvalue weighted by atomic mass is 15.1. The van der Waals surface area contributed by atoms with Gasteiger partial charge in [-0.25, -0.2) is 0 Å². The highest BCUT2D eigenvalue weighted by Crippen LogP contribution is 2.40. The van der Waals surface area contributed by atoms with Crippen molar-refractivity contribution in [2.45, 2.75) is 38.5 Å². The summed E-state index contributed by atoms with van der Waals surface area (Å²) in [6.07, 6.45) is 9.20. The lowest BCUT2D eigenvalue weighted by Crippen LogP contribution is -2.31. The lowest BCUT2D eigenvalue weighted by molar-refractivity contribution is 0.201. The lowest BCUT2D eigenvalue weighted by Gasteiger charge is -2.28. The van der Waals surface area contributed by atoms with Gasteiger partial charge in [-0.2, -0.15) is 0 Å². The quantitative estimate of drug-likeness (QED) is 0.552. The maximum absolute atomic E-state index is 2.74. The molecule has 1 heteroatoms. The minimum Gasteiger partial charge on any atom is -0.303 e.